The molecule has 0 atom stereocenters. The van der Waals surface area contributed by atoms with Crippen molar-refractivity contribution in [3.63, 3.8) is 0 Å². The van der Waals surface area contributed by atoms with Crippen LogP contribution in [-0.4, -0.2) is 39.7 Å². The first-order valence-corrected chi connectivity index (χ1v) is 17.3. The Kier molecular flexibility index (Phi) is 4.56. The van der Waals surface area contributed by atoms with Crippen molar-refractivity contribution in [2.45, 2.75) is 45.8 Å². The van der Waals surface area contributed by atoms with E-state index >= 15 is 0 Å². The van der Waals surface area contributed by atoms with Crippen molar-refractivity contribution in [2.75, 3.05) is 5.50 Å². The first kappa shape index (κ1) is 16.1. The second-order valence-electron chi connectivity index (χ2n) is 5.88. The van der Waals surface area contributed by atoms with Crippen molar-refractivity contribution in [2.24, 2.45) is 0 Å². The molecule has 0 aromatic heterocycles. The lowest BCUT2D eigenvalue weighted by Crippen LogP contribution is -2.65. The van der Waals surface area contributed by atoms with Gasteiger partial charge >= 0.3 is 34.2 Å². The maximum Gasteiger partial charge on any atom is 0.332 e. The molecule has 0 bridgehead atoms. The van der Waals surface area contributed by atoms with Crippen LogP contribution < -0.4 is 0 Å². The van der Waals surface area contributed by atoms with Gasteiger partial charge in [-0.3, -0.25) is 0 Å². The summed E-state index contributed by atoms with van der Waals surface area (Å²) >= 11 is 6.03. The van der Waals surface area contributed by atoms with Crippen LogP contribution in [0.25, 0.3) is 0 Å². The summed E-state index contributed by atoms with van der Waals surface area (Å²) in [6.45, 7) is 14.2. The van der Waals surface area contributed by atoms with E-state index < -0.39 is 34.2 Å². The fraction of sp³-hybridized carbons (Fsp3) is 1.00. The number of halogens is 1. The van der Waals surface area contributed by atoms with E-state index in [0.717, 1.165) is 0 Å². The Morgan fingerprint density at radius 3 is 1.24 bits per heavy atom. The lowest BCUT2D eigenvalue weighted by Gasteiger charge is -2.46. The molecule has 0 spiro atoms. The highest BCUT2D eigenvalue weighted by atomic mass is 35.5. The van der Waals surface area contributed by atoms with Crippen LogP contribution in [0.1, 0.15) is 0 Å². The van der Waals surface area contributed by atoms with Crippen molar-refractivity contribution in [3.05, 3.63) is 0 Å². The molecule has 1 saturated heterocycles. The van der Waals surface area contributed by atoms with Crippen molar-refractivity contribution >= 4 is 45.8 Å². The SMILES string of the molecule is C[Si]1(C)O[Si](C)(C)O[Si](C)(CCl)O[Si](C)(C)O1. The van der Waals surface area contributed by atoms with Crippen LogP contribution >= 0.6 is 11.6 Å². The van der Waals surface area contributed by atoms with Crippen LogP contribution in [0.15, 0.2) is 0 Å². The summed E-state index contributed by atoms with van der Waals surface area (Å²) in [5, 5.41) is 0. The summed E-state index contributed by atoms with van der Waals surface area (Å²) in [6, 6.07) is 0. The van der Waals surface area contributed by atoms with Crippen molar-refractivity contribution in [1.29, 1.82) is 0 Å². The summed E-state index contributed by atoms with van der Waals surface area (Å²) in [7, 11) is -8.96. The molecule has 0 aliphatic carbocycles. The highest BCUT2D eigenvalue weighted by Crippen LogP contribution is 2.30. The molecule has 1 heterocycles. The van der Waals surface area contributed by atoms with E-state index in [2.05, 4.69) is 0 Å². The second kappa shape index (κ2) is 4.83. The van der Waals surface area contributed by atoms with E-state index in [9.17, 15) is 0 Å². The molecule has 0 radical (unpaired) electrons. The largest absolute Gasteiger partial charge is 0.416 e. The highest BCUT2D eigenvalue weighted by molar-refractivity contribution is 6.94. The van der Waals surface area contributed by atoms with Crippen LogP contribution in [0.2, 0.25) is 45.8 Å². The Morgan fingerprint density at radius 2 is 0.941 bits per heavy atom. The van der Waals surface area contributed by atoms with Gasteiger partial charge in [0.15, 0.2) is 0 Å². The Balaban J connectivity index is 3.02. The molecule has 1 rings (SSSR count). The zero-order valence-electron chi connectivity index (χ0n) is 11.7. The van der Waals surface area contributed by atoms with Crippen LogP contribution in [0, 0.1) is 0 Å². The summed E-state index contributed by atoms with van der Waals surface area (Å²) in [5.41, 5.74) is 0.411. The van der Waals surface area contributed by atoms with Crippen LogP contribution in [-0.2, 0) is 16.5 Å². The predicted molar refractivity (Wildman–Crippen MR) is 79.1 cm³/mol. The van der Waals surface area contributed by atoms with Crippen LogP contribution in [0.5, 0.6) is 0 Å². The molecule has 102 valence electrons. The summed E-state index contributed by atoms with van der Waals surface area (Å²) < 4.78 is 24.7. The summed E-state index contributed by atoms with van der Waals surface area (Å²) in [4.78, 5) is 0. The van der Waals surface area contributed by atoms with Gasteiger partial charge in [-0.25, -0.2) is 0 Å². The number of rotatable bonds is 1. The Morgan fingerprint density at radius 1 is 0.647 bits per heavy atom. The maximum absolute atomic E-state index is 6.18. The monoisotopic (exact) mass is 330 g/mol. The average molecular weight is 331 g/mol. The Labute approximate surface area is 114 Å². The first-order valence-electron chi connectivity index (χ1n) is 5.75. The zero-order valence-corrected chi connectivity index (χ0v) is 16.5. The highest BCUT2D eigenvalue weighted by Gasteiger charge is 2.52. The number of hydrogen-bond donors (Lipinski definition) is 0. The Hall–Kier alpha value is 0.998. The molecule has 1 aliphatic rings. The number of hydrogen-bond acceptors (Lipinski definition) is 4. The summed E-state index contributed by atoms with van der Waals surface area (Å²) in [5.74, 6) is 0. The minimum absolute atomic E-state index is 0.411. The van der Waals surface area contributed by atoms with Crippen molar-refractivity contribution in [1.82, 2.24) is 0 Å². The summed E-state index contributed by atoms with van der Waals surface area (Å²) in [6.07, 6.45) is 0. The van der Waals surface area contributed by atoms with Crippen molar-refractivity contribution in [3.8, 4) is 0 Å². The van der Waals surface area contributed by atoms with E-state index in [1.54, 1.807) is 0 Å². The first-order chi connectivity index (χ1) is 7.39. The normalized spacial score (nSPS) is 30.4. The minimum Gasteiger partial charge on any atom is -0.416 e. The molecule has 4 nitrogen and oxygen atoms in total. The molecular weight excluding hydrogens is 308 g/mol. The van der Waals surface area contributed by atoms with E-state index in [1.165, 1.54) is 0 Å². The zero-order chi connectivity index (χ0) is 13.5. The molecule has 17 heavy (non-hydrogen) atoms. The molecule has 1 aliphatic heterocycles. The third-order valence-electron chi connectivity index (χ3n) is 2.15. The molecule has 0 amide bonds. The number of alkyl halides is 1. The van der Waals surface area contributed by atoms with Crippen molar-refractivity contribution < 1.29 is 16.5 Å². The van der Waals surface area contributed by atoms with E-state index in [1.807, 2.05) is 45.8 Å². The second-order valence-corrected chi connectivity index (χ2v) is 20.9. The lowest BCUT2D eigenvalue weighted by atomic mass is 11.9. The van der Waals surface area contributed by atoms with E-state index in [4.69, 9.17) is 28.1 Å². The third kappa shape index (κ3) is 4.88. The minimum atomic E-state index is -2.37. The molecule has 0 aromatic rings. The molecule has 0 N–H and O–H groups in total. The molecule has 0 saturated carbocycles. The quantitative estimate of drug-likeness (QED) is 0.547. The van der Waals surface area contributed by atoms with E-state index in [-0.39, 0.29) is 0 Å². The van der Waals surface area contributed by atoms with Gasteiger partial charge in [0.2, 0.25) is 0 Å². The molecular formula is C8H23ClO4Si4. The standard InChI is InChI=1S/C8H23ClO4Si4/c1-14(2)10-15(3,4)12-17(7,8-9)13-16(5,6)11-14/h8H2,1-7H3. The lowest BCUT2D eigenvalue weighted by molar-refractivity contribution is 0.237. The predicted octanol–water partition coefficient (Wildman–Crippen LogP) is 3.02. The van der Waals surface area contributed by atoms with Crippen LogP contribution in [0.3, 0.4) is 0 Å². The van der Waals surface area contributed by atoms with Gasteiger partial charge in [-0.2, -0.15) is 0 Å². The third-order valence-corrected chi connectivity index (χ3v) is 19.3. The fourth-order valence-corrected chi connectivity index (χ4v) is 23.7. The van der Waals surface area contributed by atoms with Gasteiger partial charge in [-0.1, -0.05) is 0 Å². The van der Waals surface area contributed by atoms with Gasteiger partial charge in [0.05, 0.1) is 5.50 Å². The Bertz CT molecular complexity index is 275. The fourth-order valence-electron chi connectivity index (χ4n) is 2.36. The molecule has 9 heteroatoms. The van der Waals surface area contributed by atoms with Crippen LogP contribution in [0.4, 0.5) is 0 Å². The van der Waals surface area contributed by atoms with Gasteiger partial charge in [-0.05, 0) is 45.8 Å². The van der Waals surface area contributed by atoms with Gasteiger partial charge in [-0.15, -0.1) is 11.6 Å². The van der Waals surface area contributed by atoms with Gasteiger partial charge < -0.3 is 16.5 Å². The topological polar surface area (TPSA) is 36.9 Å². The van der Waals surface area contributed by atoms with Gasteiger partial charge in [0.1, 0.15) is 0 Å². The van der Waals surface area contributed by atoms with Gasteiger partial charge in [0.25, 0.3) is 0 Å². The molecule has 1 fully saturated rings. The van der Waals surface area contributed by atoms with Gasteiger partial charge in [0, 0.05) is 0 Å². The molecule has 0 aromatic carbocycles. The average Bonchev–Trinajstić information content (AvgIpc) is 1.93. The van der Waals surface area contributed by atoms with E-state index in [0.29, 0.717) is 5.50 Å². The molecule has 0 unspecified atom stereocenters. The smallest absolute Gasteiger partial charge is 0.332 e. The maximum atomic E-state index is 6.18.